The number of aromatic nitrogens is 2. The second kappa shape index (κ2) is 5.80. The first kappa shape index (κ1) is 14.8. The van der Waals surface area contributed by atoms with Crippen molar-refractivity contribution in [3.8, 4) is 11.6 Å². The van der Waals surface area contributed by atoms with Crippen molar-refractivity contribution < 1.29 is 4.74 Å². The Labute approximate surface area is 125 Å². The summed E-state index contributed by atoms with van der Waals surface area (Å²) in [6.07, 6.45) is 2.15. The highest BCUT2D eigenvalue weighted by molar-refractivity contribution is 6.30. The Morgan fingerprint density at radius 3 is 2.30 bits per heavy atom. The van der Waals surface area contributed by atoms with Gasteiger partial charge in [0.25, 0.3) is 0 Å². The number of ether oxygens (including phenoxy) is 1. The van der Waals surface area contributed by atoms with E-state index in [9.17, 15) is 0 Å². The summed E-state index contributed by atoms with van der Waals surface area (Å²) in [5, 5.41) is 0.448. The van der Waals surface area contributed by atoms with E-state index in [4.69, 9.17) is 16.3 Å². The van der Waals surface area contributed by atoms with E-state index in [1.165, 1.54) is 11.9 Å². The normalized spacial score (nSPS) is 11.4. The first-order chi connectivity index (χ1) is 9.41. The molecule has 1 aromatic carbocycles. The van der Waals surface area contributed by atoms with Crippen LogP contribution in [0.2, 0.25) is 5.15 Å². The van der Waals surface area contributed by atoms with Crippen molar-refractivity contribution >= 4 is 11.6 Å². The lowest BCUT2D eigenvalue weighted by Gasteiger charge is -2.19. The molecule has 0 aliphatic carbocycles. The minimum Gasteiger partial charge on any atom is -0.439 e. The van der Waals surface area contributed by atoms with Gasteiger partial charge in [-0.2, -0.15) is 0 Å². The maximum atomic E-state index is 6.05. The molecule has 0 saturated heterocycles. The molecule has 3 nitrogen and oxygen atoms in total. The van der Waals surface area contributed by atoms with Gasteiger partial charge in [0.1, 0.15) is 17.2 Å². The van der Waals surface area contributed by atoms with Gasteiger partial charge >= 0.3 is 0 Å². The molecule has 20 heavy (non-hydrogen) atoms. The Bertz CT molecular complexity index is 588. The van der Waals surface area contributed by atoms with Crippen LogP contribution < -0.4 is 4.74 Å². The molecule has 0 saturated carbocycles. The summed E-state index contributed by atoms with van der Waals surface area (Å²) in [4.78, 5) is 8.13. The number of hydrogen-bond donors (Lipinski definition) is 0. The van der Waals surface area contributed by atoms with Crippen molar-refractivity contribution in [1.82, 2.24) is 9.97 Å². The lowest BCUT2D eigenvalue weighted by Crippen LogP contribution is -2.10. The Balaban J connectivity index is 2.25. The Morgan fingerprint density at radius 1 is 1.10 bits per heavy atom. The fourth-order valence-corrected chi connectivity index (χ4v) is 2.15. The number of nitrogens with zero attached hydrogens (tertiary/aromatic N) is 2. The van der Waals surface area contributed by atoms with E-state index in [2.05, 4.69) is 42.9 Å². The molecule has 0 amide bonds. The highest BCUT2D eigenvalue weighted by Gasteiger charge is 2.14. The number of halogens is 1. The summed E-state index contributed by atoms with van der Waals surface area (Å²) in [5.74, 6) is 1.28. The summed E-state index contributed by atoms with van der Waals surface area (Å²) in [6.45, 7) is 8.55. The Hall–Kier alpha value is -1.61. The van der Waals surface area contributed by atoms with Crippen molar-refractivity contribution in [1.29, 1.82) is 0 Å². The topological polar surface area (TPSA) is 35.0 Å². The van der Waals surface area contributed by atoms with Gasteiger partial charge in [0.05, 0.1) is 5.56 Å². The average molecular weight is 291 g/mol. The van der Waals surface area contributed by atoms with Crippen LogP contribution in [0, 0.1) is 0 Å². The van der Waals surface area contributed by atoms with Crippen LogP contribution in [0.25, 0.3) is 0 Å². The fraction of sp³-hybridized carbons (Fsp3) is 0.375. The average Bonchev–Trinajstić information content (AvgIpc) is 2.38. The zero-order valence-electron chi connectivity index (χ0n) is 12.3. The monoisotopic (exact) mass is 290 g/mol. The maximum absolute atomic E-state index is 6.05. The third-order valence-corrected chi connectivity index (χ3v) is 3.47. The van der Waals surface area contributed by atoms with Gasteiger partial charge in [-0.3, -0.25) is 0 Å². The van der Waals surface area contributed by atoms with Gasteiger partial charge in [-0.05, 0) is 29.5 Å². The molecule has 0 unspecified atom stereocenters. The Morgan fingerprint density at radius 2 is 1.75 bits per heavy atom. The minimum atomic E-state index is 0.130. The van der Waals surface area contributed by atoms with E-state index in [-0.39, 0.29) is 5.41 Å². The zero-order valence-corrected chi connectivity index (χ0v) is 13.0. The van der Waals surface area contributed by atoms with Crippen LogP contribution in [0.15, 0.2) is 30.6 Å². The van der Waals surface area contributed by atoms with Crippen molar-refractivity contribution in [2.75, 3.05) is 0 Å². The van der Waals surface area contributed by atoms with Crippen LogP contribution in [0.4, 0.5) is 0 Å². The first-order valence-electron chi connectivity index (χ1n) is 6.69. The second-order valence-electron chi connectivity index (χ2n) is 5.68. The molecule has 2 aromatic rings. The van der Waals surface area contributed by atoms with E-state index in [0.29, 0.717) is 11.0 Å². The quantitative estimate of drug-likeness (QED) is 0.763. The first-order valence-corrected chi connectivity index (χ1v) is 7.07. The van der Waals surface area contributed by atoms with E-state index < -0.39 is 0 Å². The molecular formula is C16H19ClN2O. The molecule has 2 rings (SSSR count). The zero-order chi connectivity index (χ0) is 14.8. The van der Waals surface area contributed by atoms with Crippen LogP contribution in [0.5, 0.6) is 11.6 Å². The number of benzene rings is 1. The smallest absolute Gasteiger partial charge is 0.226 e. The molecule has 0 spiro atoms. The van der Waals surface area contributed by atoms with Gasteiger partial charge < -0.3 is 4.74 Å². The predicted octanol–water partition coefficient (Wildman–Crippen LogP) is 4.78. The lowest BCUT2D eigenvalue weighted by molar-refractivity contribution is 0.454. The van der Waals surface area contributed by atoms with Crippen molar-refractivity contribution in [2.24, 2.45) is 0 Å². The lowest BCUT2D eigenvalue weighted by atomic mass is 9.87. The second-order valence-corrected chi connectivity index (χ2v) is 6.04. The van der Waals surface area contributed by atoms with Crippen molar-refractivity contribution in [2.45, 2.75) is 39.5 Å². The summed E-state index contributed by atoms with van der Waals surface area (Å²) in [7, 11) is 0. The molecule has 106 valence electrons. The molecule has 0 N–H and O–H groups in total. The number of rotatable bonds is 3. The molecule has 0 aliphatic heterocycles. The largest absolute Gasteiger partial charge is 0.439 e. The summed E-state index contributed by atoms with van der Waals surface area (Å²) in [6, 6.07) is 8.06. The molecule has 0 radical (unpaired) electrons. The third-order valence-electron chi connectivity index (χ3n) is 3.14. The maximum Gasteiger partial charge on any atom is 0.226 e. The van der Waals surface area contributed by atoms with Crippen molar-refractivity contribution in [3.63, 3.8) is 0 Å². The Kier molecular flexibility index (Phi) is 4.29. The van der Waals surface area contributed by atoms with Gasteiger partial charge in [0.15, 0.2) is 0 Å². The molecule has 0 aliphatic rings. The molecular weight excluding hydrogens is 272 g/mol. The van der Waals surface area contributed by atoms with Crippen LogP contribution >= 0.6 is 11.6 Å². The van der Waals surface area contributed by atoms with Crippen LogP contribution in [0.3, 0.4) is 0 Å². The molecule has 0 fully saturated rings. The third kappa shape index (κ3) is 3.28. The van der Waals surface area contributed by atoms with Gasteiger partial charge in [-0.25, -0.2) is 9.97 Å². The highest BCUT2D eigenvalue weighted by atomic mass is 35.5. The molecule has 0 bridgehead atoms. The van der Waals surface area contributed by atoms with E-state index >= 15 is 0 Å². The molecule has 1 heterocycles. The van der Waals surface area contributed by atoms with Crippen molar-refractivity contribution in [3.05, 3.63) is 46.9 Å². The van der Waals surface area contributed by atoms with Gasteiger partial charge in [0, 0.05) is 0 Å². The van der Waals surface area contributed by atoms with Crippen LogP contribution in [-0.4, -0.2) is 9.97 Å². The molecule has 4 heteroatoms. The van der Waals surface area contributed by atoms with E-state index in [1.807, 2.05) is 19.1 Å². The standard InChI is InChI=1S/C16H19ClN2O/c1-5-13-14(17)18-10-19-15(13)20-12-8-6-11(7-9-12)16(2,3)4/h6-10H,5H2,1-4H3. The van der Waals surface area contributed by atoms with Crippen LogP contribution in [-0.2, 0) is 11.8 Å². The molecule has 1 aromatic heterocycles. The van der Waals surface area contributed by atoms with Gasteiger partial charge in [-0.15, -0.1) is 0 Å². The fourth-order valence-electron chi connectivity index (χ4n) is 1.90. The van der Waals surface area contributed by atoms with Gasteiger partial charge in [-0.1, -0.05) is 51.4 Å². The van der Waals surface area contributed by atoms with Crippen LogP contribution in [0.1, 0.15) is 38.8 Å². The predicted molar refractivity (Wildman–Crippen MR) is 81.6 cm³/mol. The van der Waals surface area contributed by atoms with E-state index in [1.54, 1.807) is 0 Å². The number of hydrogen-bond acceptors (Lipinski definition) is 3. The molecule has 0 atom stereocenters. The van der Waals surface area contributed by atoms with Gasteiger partial charge in [0.2, 0.25) is 5.88 Å². The summed E-state index contributed by atoms with van der Waals surface area (Å²) >= 11 is 6.05. The summed E-state index contributed by atoms with van der Waals surface area (Å²) in [5.41, 5.74) is 2.22. The van der Waals surface area contributed by atoms with E-state index in [0.717, 1.165) is 17.7 Å². The SMILES string of the molecule is CCc1c(Cl)ncnc1Oc1ccc(C(C)(C)C)cc1. The minimum absolute atomic E-state index is 0.130. The highest BCUT2D eigenvalue weighted by Crippen LogP contribution is 2.29. The summed E-state index contributed by atoms with van der Waals surface area (Å²) < 4.78 is 5.81.